The molecule has 0 radical (unpaired) electrons. The molecule has 3 fully saturated rings. The van der Waals surface area contributed by atoms with Gasteiger partial charge in [-0.15, -0.1) is 23.2 Å². The van der Waals surface area contributed by atoms with Gasteiger partial charge in [0.05, 0.1) is 11.9 Å². The molecule has 0 spiro atoms. The maximum Gasteiger partial charge on any atom is 0.214 e. The summed E-state index contributed by atoms with van der Waals surface area (Å²) in [4.78, 5) is 2.42. The molecule has 1 N–H and O–H groups in total. The summed E-state index contributed by atoms with van der Waals surface area (Å²) in [6, 6.07) is 0. The maximum atomic E-state index is 12.6. The van der Waals surface area contributed by atoms with E-state index in [9.17, 15) is 8.42 Å². The van der Waals surface area contributed by atoms with E-state index in [4.69, 9.17) is 27.9 Å². The number of fused-ring (bicyclic) bond motifs is 1. The number of nitrogens with zero attached hydrogens (tertiary/aromatic N) is 1. The first-order chi connectivity index (χ1) is 13.3. The summed E-state index contributed by atoms with van der Waals surface area (Å²) in [6.45, 7) is 5.46. The van der Waals surface area contributed by atoms with Gasteiger partial charge in [-0.2, -0.15) is 0 Å². The Kier molecular flexibility index (Phi) is 8.36. The molecule has 3 rings (SSSR count). The van der Waals surface area contributed by atoms with Crippen LogP contribution in [0.5, 0.6) is 0 Å². The van der Waals surface area contributed by atoms with Gasteiger partial charge in [0.2, 0.25) is 10.0 Å². The molecule has 0 amide bonds. The number of hydrogen-bond donors (Lipinski definition) is 1. The van der Waals surface area contributed by atoms with Crippen LogP contribution in [0.3, 0.4) is 0 Å². The van der Waals surface area contributed by atoms with E-state index in [1.54, 1.807) is 0 Å². The monoisotopic (exact) mass is 454 g/mol. The van der Waals surface area contributed by atoms with E-state index >= 15 is 0 Å². The number of ether oxygens (including phenoxy) is 1. The molecule has 5 nitrogen and oxygen atoms in total. The van der Waals surface area contributed by atoms with Crippen molar-refractivity contribution in [1.29, 1.82) is 0 Å². The molecule has 5 atom stereocenters. The summed E-state index contributed by atoms with van der Waals surface area (Å²) in [6.07, 6.45) is 5.44. The Balaban J connectivity index is 1.57. The van der Waals surface area contributed by atoms with Gasteiger partial charge < -0.3 is 9.64 Å². The summed E-state index contributed by atoms with van der Waals surface area (Å²) in [5, 5.41) is 0.0778. The summed E-state index contributed by atoms with van der Waals surface area (Å²) in [5.41, 5.74) is 0. The quantitative estimate of drug-likeness (QED) is 0.473. The Morgan fingerprint density at radius 3 is 2.39 bits per heavy atom. The van der Waals surface area contributed by atoms with Gasteiger partial charge in [0.25, 0.3) is 0 Å². The lowest BCUT2D eigenvalue weighted by atomic mass is 9.63. The number of halogens is 2. The van der Waals surface area contributed by atoms with E-state index in [-0.39, 0.29) is 16.0 Å². The van der Waals surface area contributed by atoms with Crippen molar-refractivity contribution in [2.24, 2.45) is 23.7 Å². The van der Waals surface area contributed by atoms with Crippen LogP contribution in [0.15, 0.2) is 0 Å². The zero-order valence-corrected chi connectivity index (χ0v) is 19.5. The lowest BCUT2D eigenvalue weighted by molar-refractivity contribution is 0.0108. The lowest BCUT2D eigenvalue weighted by Gasteiger charge is -2.51. The van der Waals surface area contributed by atoms with Gasteiger partial charge in [0.15, 0.2) is 0 Å². The third kappa shape index (κ3) is 5.55. The molecule has 0 bridgehead atoms. The molecule has 0 aromatic heterocycles. The van der Waals surface area contributed by atoms with Crippen molar-refractivity contribution in [2.75, 3.05) is 39.9 Å². The molecule has 164 valence electrons. The molecule has 28 heavy (non-hydrogen) atoms. The van der Waals surface area contributed by atoms with Crippen molar-refractivity contribution in [3.8, 4) is 0 Å². The molecule has 1 aliphatic heterocycles. The lowest BCUT2D eigenvalue weighted by Crippen LogP contribution is -2.53. The zero-order chi connectivity index (χ0) is 20.3. The maximum absolute atomic E-state index is 12.6. The van der Waals surface area contributed by atoms with Crippen LogP contribution in [0.2, 0.25) is 0 Å². The van der Waals surface area contributed by atoms with E-state index in [0.29, 0.717) is 43.4 Å². The third-order valence-corrected chi connectivity index (χ3v) is 9.95. The van der Waals surface area contributed by atoms with Crippen LogP contribution in [0.4, 0.5) is 0 Å². The van der Waals surface area contributed by atoms with Crippen LogP contribution in [0.25, 0.3) is 0 Å². The Hall–Kier alpha value is 0.410. The normalized spacial score (nSPS) is 40.2. The second-order valence-electron chi connectivity index (χ2n) is 8.97. The predicted molar refractivity (Wildman–Crippen MR) is 116 cm³/mol. The molecule has 4 unspecified atom stereocenters. The van der Waals surface area contributed by atoms with Crippen LogP contribution in [0.1, 0.15) is 45.4 Å². The minimum Gasteiger partial charge on any atom is -0.380 e. The van der Waals surface area contributed by atoms with E-state index in [1.165, 1.54) is 0 Å². The zero-order valence-electron chi connectivity index (χ0n) is 17.2. The number of alkyl halides is 2. The Labute approximate surface area is 180 Å². The highest BCUT2D eigenvalue weighted by molar-refractivity contribution is 7.90. The molecular weight excluding hydrogens is 419 g/mol. The van der Waals surface area contributed by atoms with Crippen LogP contribution in [-0.2, 0) is 14.8 Å². The number of sulfonamides is 1. The first kappa shape index (κ1) is 23.1. The van der Waals surface area contributed by atoms with E-state index in [0.717, 1.165) is 51.6 Å². The van der Waals surface area contributed by atoms with Crippen molar-refractivity contribution >= 4 is 33.2 Å². The summed E-state index contributed by atoms with van der Waals surface area (Å²) >= 11 is 13.2. The molecule has 1 saturated heterocycles. The third-order valence-electron chi connectivity index (χ3n) is 7.14. The fraction of sp³-hybridized carbons (Fsp3) is 1.00. The average molecular weight is 455 g/mol. The standard InChI is InChI=1S/C20H36Cl2N2O3S/c1-3-27-9-8-23-28(25,26)16-6-4-14(5-7-16)18-12-24(2)13-19-17(18)10-15(21)11-20(19)22/h14-20,23H,3-13H2,1-2H3/t14?,15?,16?,17?,18-,19?,20?/m0/s1. The molecular formula is C20H36Cl2N2O3S. The highest BCUT2D eigenvalue weighted by Crippen LogP contribution is 2.48. The Morgan fingerprint density at radius 1 is 1.04 bits per heavy atom. The topological polar surface area (TPSA) is 58.6 Å². The van der Waals surface area contributed by atoms with Crippen molar-refractivity contribution < 1.29 is 13.2 Å². The highest BCUT2D eigenvalue weighted by atomic mass is 35.5. The minimum absolute atomic E-state index is 0.165. The summed E-state index contributed by atoms with van der Waals surface area (Å²) in [7, 11) is -1.06. The van der Waals surface area contributed by atoms with Crippen molar-refractivity contribution in [2.45, 2.75) is 61.5 Å². The van der Waals surface area contributed by atoms with Gasteiger partial charge in [-0.05, 0) is 76.2 Å². The van der Waals surface area contributed by atoms with E-state index in [2.05, 4.69) is 16.7 Å². The van der Waals surface area contributed by atoms with E-state index in [1.807, 2.05) is 6.92 Å². The smallest absolute Gasteiger partial charge is 0.214 e. The highest BCUT2D eigenvalue weighted by Gasteiger charge is 2.47. The molecule has 3 aliphatic rings. The number of likely N-dealkylation sites (tertiary alicyclic amines) is 1. The van der Waals surface area contributed by atoms with Crippen molar-refractivity contribution in [3.63, 3.8) is 0 Å². The second-order valence-corrected chi connectivity index (χ2v) is 12.2. The SMILES string of the molecule is CCOCCNS(=O)(=O)C1CCC([C@@H]2CN(C)CC3C(Cl)CC(Cl)CC32)CC1. The average Bonchev–Trinajstić information content (AvgIpc) is 2.65. The number of piperidine rings is 1. The van der Waals surface area contributed by atoms with Crippen LogP contribution in [0, 0.1) is 23.7 Å². The van der Waals surface area contributed by atoms with Crippen LogP contribution >= 0.6 is 23.2 Å². The van der Waals surface area contributed by atoms with Crippen LogP contribution < -0.4 is 4.72 Å². The summed E-state index contributed by atoms with van der Waals surface area (Å²) in [5.74, 6) is 2.26. The minimum atomic E-state index is -3.25. The molecule has 8 heteroatoms. The van der Waals surface area contributed by atoms with Gasteiger partial charge in [0, 0.05) is 37.0 Å². The Morgan fingerprint density at radius 2 is 1.71 bits per heavy atom. The number of hydrogen-bond acceptors (Lipinski definition) is 4. The van der Waals surface area contributed by atoms with Gasteiger partial charge in [-0.3, -0.25) is 0 Å². The summed E-state index contributed by atoms with van der Waals surface area (Å²) < 4.78 is 33.1. The second kappa shape index (κ2) is 10.1. The fourth-order valence-corrected chi connectivity index (χ4v) is 8.24. The Bertz CT molecular complexity index is 598. The molecule has 1 heterocycles. The van der Waals surface area contributed by atoms with Crippen molar-refractivity contribution in [1.82, 2.24) is 9.62 Å². The molecule has 2 saturated carbocycles. The largest absolute Gasteiger partial charge is 0.380 e. The predicted octanol–water partition coefficient (Wildman–Crippen LogP) is 3.30. The number of nitrogens with one attached hydrogen (secondary N) is 1. The molecule has 0 aromatic carbocycles. The van der Waals surface area contributed by atoms with Gasteiger partial charge >= 0.3 is 0 Å². The first-order valence-corrected chi connectivity index (χ1v) is 13.3. The van der Waals surface area contributed by atoms with Gasteiger partial charge in [0.1, 0.15) is 0 Å². The van der Waals surface area contributed by atoms with Gasteiger partial charge in [-0.25, -0.2) is 13.1 Å². The van der Waals surface area contributed by atoms with E-state index < -0.39 is 10.0 Å². The fourth-order valence-electron chi connectivity index (χ4n) is 5.77. The molecule has 0 aromatic rings. The van der Waals surface area contributed by atoms with Crippen LogP contribution in [-0.4, -0.2) is 69.2 Å². The first-order valence-electron chi connectivity index (χ1n) is 10.8. The number of rotatable bonds is 7. The van der Waals surface area contributed by atoms with Crippen molar-refractivity contribution in [3.05, 3.63) is 0 Å². The van der Waals surface area contributed by atoms with Gasteiger partial charge in [-0.1, -0.05) is 0 Å². The molecule has 2 aliphatic carbocycles.